The van der Waals surface area contributed by atoms with E-state index in [9.17, 15) is 10.1 Å². The number of nitrogens with one attached hydrogen (secondary N) is 1. The monoisotopic (exact) mass is 280 g/mol. The van der Waals surface area contributed by atoms with Crippen LogP contribution in [-0.2, 0) is 6.42 Å². The van der Waals surface area contributed by atoms with Crippen LogP contribution in [0.4, 0.5) is 5.69 Å². The number of nitro groups is 1. The molecule has 1 aromatic rings. The molecule has 0 bridgehead atoms. The number of hydrogen-bond acceptors (Lipinski definition) is 4. The van der Waals surface area contributed by atoms with Gasteiger partial charge >= 0.3 is 0 Å². The lowest BCUT2D eigenvalue weighted by atomic mass is 10.0. The van der Waals surface area contributed by atoms with Crippen molar-refractivity contribution in [1.82, 2.24) is 5.32 Å². The molecule has 1 unspecified atom stereocenters. The zero-order valence-electron chi connectivity index (χ0n) is 12.0. The maximum atomic E-state index is 10.5. The quantitative estimate of drug-likeness (QED) is 0.392. The zero-order chi connectivity index (χ0) is 14.8. The minimum Gasteiger partial charge on any atom is -0.396 e. The number of nitrogens with zero attached hydrogens (tertiary/aromatic N) is 1. The molecule has 0 radical (unpaired) electrons. The van der Waals surface area contributed by atoms with E-state index in [1.54, 1.807) is 24.3 Å². The zero-order valence-corrected chi connectivity index (χ0v) is 12.0. The van der Waals surface area contributed by atoms with Crippen molar-refractivity contribution in [2.75, 3.05) is 19.7 Å². The Bertz CT molecular complexity index is 387. The van der Waals surface area contributed by atoms with Crippen molar-refractivity contribution in [2.24, 2.45) is 5.92 Å². The van der Waals surface area contributed by atoms with Gasteiger partial charge < -0.3 is 10.4 Å². The highest BCUT2D eigenvalue weighted by atomic mass is 16.6. The molecule has 0 spiro atoms. The van der Waals surface area contributed by atoms with Crippen LogP contribution >= 0.6 is 0 Å². The fourth-order valence-corrected chi connectivity index (χ4v) is 2.26. The highest BCUT2D eigenvalue weighted by Crippen LogP contribution is 2.12. The third kappa shape index (κ3) is 6.12. The average molecular weight is 280 g/mol. The van der Waals surface area contributed by atoms with Crippen LogP contribution in [0.15, 0.2) is 24.3 Å². The molecular weight excluding hydrogens is 256 g/mol. The number of aliphatic hydroxyl groups is 1. The lowest BCUT2D eigenvalue weighted by Crippen LogP contribution is -2.25. The van der Waals surface area contributed by atoms with Crippen LogP contribution in [0.2, 0.25) is 0 Å². The van der Waals surface area contributed by atoms with Crippen LogP contribution < -0.4 is 5.32 Å². The van der Waals surface area contributed by atoms with Crippen LogP contribution in [0.3, 0.4) is 0 Å². The summed E-state index contributed by atoms with van der Waals surface area (Å²) in [5.74, 6) is 0.530. The predicted molar refractivity (Wildman–Crippen MR) is 79.8 cm³/mol. The molecule has 5 nitrogen and oxygen atoms in total. The Hall–Kier alpha value is -1.46. The maximum absolute atomic E-state index is 10.5. The highest BCUT2D eigenvalue weighted by molar-refractivity contribution is 5.32. The molecule has 112 valence electrons. The van der Waals surface area contributed by atoms with Gasteiger partial charge in [-0.3, -0.25) is 10.1 Å². The average Bonchev–Trinajstić information content (AvgIpc) is 2.44. The Morgan fingerprint density at radius 1 is 1.30 bits per heavy atom. The molecule has 0 fully saturated rings. The standard InChI is InChI=1S/C15H24N2O3/c1-2-3-14(9-11-18)12-16-10-8-13-4-6-15(7-5-13)17(19)20/h4-7,14,16,18H,2-3,8-12H2,1H3. The molecule has 0 saturated heterocycles. The summed E-state index contributed by atoms with van der Waals surface area (Å²) in [4.78, 5) is 10.2. The van der Waals surface area contributed by atoms with E-state index in [1.165, 1.54) is 0 Å². The Labute approximate surface area is 120 Å². The molecule has 0 amide bonds. The molecule has 0 aromatic heterocycles. The first kappa shape index (κ1) is 16.6. The van der Waals surface area contributed by atoms with E-state index in [0.717, 1.165) is 44.3 Å². The van der Waals surface area contributed by atoms with Gasteiger partial charge in [0.15, 0.2) is 0 Å². The number of nitro benzene ring substituents is 1. The summed E-state index contributed by atoms with van der Waals surface area (Å²) in [6.45, 7) is 4.17. The first-order valence-electron chi connectivity index (χ1n) is 7.22. The predicted octanol–water partition coefficient (Wildman–Crippen LogP) is 2.53. The van der Waals surface area contributed by atoms with Gasteiger partial charge in [-0.05, 0) is 43.8 Å². The Kier molecular flexibility index (Phi) is 7.84. The normalized spacial score (nSPS) is 12.3. The van der Waals surface area contributed by atoms with Gasteiger partial charge in [0.1, 0.15) is 0 Å². The summed E-state index contributed by atoms with van der Waals surface area (Å²) in [7, 11) is 0. The van der Waals surface area contributed by atoms with Gasteiger partial charge in [0.25, 0.3) is 5.69 Å². The van der Waals surface area contributed by atoms with Crippen molar-refractivity contribution in [3.63, 3.8) is 0 Å². The smallest absolute Gasteiger partial charge is 0.269 e. The summed E-state index contributed by atoms with van der Waals surface area (Å²) >= 11 is 0. The third-order valence-electron chi connectivity index (χ3n) is 3.40. The second-order valence-electron chi connectivity index (χ2n) is 5.04. The van der Waals surface area contributed by atoms with Crippen molar-refractivity contribution < 1.29 is 10.0 Å². The molecule has 2 N–H and O–H groups in total. The van der Waals surface area contributed by atoms with E-state index in [2.05, 4.69) is 12.2 Å². The van der Waals surface area contributed by atoms with E-state index in [1.807, 2.05) is 0 Å². The first-order valence-corrected chi connectivity index (χ1v) is 7.22. The van der Waals surface area contributed by atoms with Crippen LogP contribution in [0, 0.1) is 16.0 Å². The van der Waals surface area contributed by atoms with Gasteiger partial charge in [-0.25, -0.2) is 0 Å². The number of benzene rings is 1. The molecule has 0 aliphatic rings. The molecule has 0 aliphatic heterocycles. The molecular formula is C15H24N2O3. The SMILES string of the molecule is CCCC(CCO)CNCCc1ccc([N+](=O)[O-])cc1. The third-order valence-corrected chi connectivity index (χ3v) is 3.40. The molecule has 1 rings (SSSR count). The molecule has 5 heteroatoms. The lowest BCUT2D eigenvalue weighted by Gasteiger charge is -2.15. The van der Waals surface area contributed by atoms with Crippen LogP contribution in [0.25, 0.3) is 0 Å². The fourth-order valence-electron chi connectivity index (χ4n) is 2.26. The fraction of sp³-hybridized carbons (Fsp3) is 0.600. The molecule has 20 heavy (non-hydrogen) atoms. The van der Waals surface area contributed by atoms with Crippen LogP contribution in [-0.4, -0.2) is 29.7 Å². The second-order valence-corrected chi connectivity index (χ2v) is 5.04. The minimum atomic E-state index is -0.383. The van der Waals surface area contributed by atoms with Crippen molar-refractivity contribution in [3.8, 4) is 0 Å². The van der Waals surface area contributed by atoms with Gasteiger partial charge in [0.2, 0.25) is 0 Å². The molecule has 1 aromatic carbocycles. The molecule has 0 heterocycles. The summed E-state index contributed by atoms with van der Waals surface area (Å²) in [6, 6.07) is 6.69. The Morgan fingerprint density at radius 2 is 2.00 bits per heavy atom. The lowest BCUT2D eigenvalue weighted by molar-refractivity contribution is -0.384. The van der Waals surface area contributed by atoms with E-state index >= 15 is 0 Å². The van der Waals surface area contributed by atoms with Crippen LogP contribution in [0.1, 0.15) is 31.7 Å². The molecule has 0 saturated carbocycles. The maximum Gasteiger partial charge on any atom is 0.269 e. The van der Waals surface area contributed by atoms with Crippen molar-refractivity contribution >= 4 is 5.69 Å². The van der Waals surface area contributed by atoms with E-state index in [-0.39, 0.29) is 17.2 Å². The Morgan fingerprint density at radius 3 is 2.55 bits per heavy atom. The summed E-state index contributed by atoms with van der Waals surface area (Å²) in [6.07, 6.45) is 3.97. The number of rotatable bonds is 10. The van der Waals surface area contributed by atoms with E-state index in [4.69, 9.17) is 5.11 Å². The number of aliphatic hydroxyl groups excluding tert-OH is 1. The number of non-ortho nitro benzene ring substituents is 1. The van der Waals surface area contributed by atoms with E-state index < -0.39 is 0 Å². The van der Waals surface area contributed by atoms with Gasteiger partial charge in [-0.2, -0.15) is 0 Å². The first-order chi connectivity index (χ1) is 9.67. The van der Waals surface area contributed by atoms with Crippen molar-refractivity contribution in [1.29, 1.82) is 0 Å². The summed E-state index contributed by atoms with van der Waals surface area (Å²) in [5, 5.41) is 22.9. The van der Waals surface area contributed by atoms with Gasteiger partial charge in [0, 0.05) is 18.7 Å². The topological polar surface area (TPSA) is 75.4 Å². The van der Waals surface area contributed by atoms with Crippen molar-refractivity contribution in [3.05, 3.63) is 39.9 Å². The van der Waals surface area contributed by atoms with Crippen LogP contribution in [0.5, 0.6) is 0 Å². The largest absolute Gasteiger partial charge is 0.396 e. The molecule has 1 atom stereocenters. The Balaban J connectivity index is 2.27. The second kappa shape index (κ2) is 9.44. The van der Waals surface area contributed by atoms with Gasteiger partial charge in [0.05, 0.1) is 4.92 Å². The van der Waals surface area contributed by atoms with Gasteiger partial charge in [-0.15, -0.1) is 0 Å². The number of hydrogen-bond donors (Lipinski definition) is 2. The summed E-state index contributed by atoms with van der Waals surface area (Å²) < 4.78 is 0. The van der Waals surface area contributed by atoms with Gasteiger partial charge in [-0.1, -0.05) is 25.5 Å². The minimum absolute atomic E-state index is 0.132. The summed E-state index contributed by atoms with van der Waals surface area (Å²) in [5.41, 5.74) is 1.23. The molecule has 0 aliphatic carbocycles. The van der Waals surface area contributed by atoms with Crippen molar-refractivity contribution in [2.45, 2.75) is 32.6 Å². The van der Waals surface area contributed by atoms with E-state index in [0.29, 0.717) is 5.92 Å². The highest BCUT2D eigenvalue weighted by Gasteiger charge is 2.07.